The fraction of sp³-hybridized carbons (Fsp3) is 0.692. The van der Waals surface area contributed by atoms with Crippen LogP contribution < -0.4 is 15.0 Å². The Balaban J connectivity index is 1.33. The zero-order chi connectivity index (χ0) is 25.0. The van der Waals surface area contributed by atoms with Gasteiger partial charge >= 0.3 is 0 Å². The third kappa shape index (κ3) is 4.35. The standard InChI is InChI=1S/C26H37N3O5S/c1-4-28(5-2)35(32,33)21-6-7-23-22(11-21)29(25(31)16-34-23)15-24(30)27-17(3)26-12-18-8-19(13-26)10-20(9-18)14-26/h6-7,11,17-20H,4-5,8-10,12-16H2,1-3H3,(H,27,30)/t17-,18?,19?,20?,26?/m0/s1. The van der Waals surface area contributed by atoms with Crippen LogP contribution in [-0.2, 0) is 19.6 Å². The van der Waals surface area contributed by atoms with E-state index in [4.69, 9.17) is 4.74 Å². The maximum absolute atomic E-state index is 13.2. The van der Waals surface area contributed by atoms with Crippen LogP contribution in [0.15, 0.2) is 23.1 Å². The second-order valence-electron chi connectivity index (χ2n) is 11.1. The summed E-state index contributed by atoms with van der Waals surface area (Å²) in [5.41, 5.74) is 0.495. The Morgan fingerprint density at radius 1 is 1.14 bits per heavy atom. The van der Waals surface area contributed by atoms with Crippen molar-refractivity contribution in [3.8, 4) is 5.75 Å². The number of sulfonamides is 1. The highest BCUT2D eigenvalue weighted by Crippen LogP contribution is 2.61. The average molecular weight is 504 g/mol. The van der Waals surface area contributed by atoms with Crippen molar-refractivity contribution in [1.82, 2.24) is 9.62 Å². The van der Waals surface area contributed by atoms with Crippen molar-refractivity contribution in [2.75, 3.05) is 31.1 Å². The van der Waals surface area contributed by atoms with Crippen LogP contribution in [0.1, 0.15) is 59.3 Å². The Morgan fingerprint density at radius 2 is 1.74 bits per heavy atom. The van der Waals surface area contributed by atoms with Gasteiger partial charge in [0.05, 0.1) is 10.6 Å². The number of carbonyl (C=O) groups is 2. The molecular formula is C26H37N3O5S. The number of hydrogen-bond acceptors (Lipinski definition) is 5. The molecule has 35 heavy (non-hydrogen) atoms. The summed E-state index contributed by atoms with van der Waals surface area (Å²) < 4.78 is 33.0. The van der Waals surface area contributed by atoms with Crippen LogP contribution >= 0.6 is 0 Å². The smallest absolute Gasteiger partial charge is 0.265 e. The molecule has 0 aromatic heterocycles. The van der Waals surface area contributed by atoms with Gasteiger partial charge in [-0.3, -0.25) is 14.5 Å². The van der Waals surface area contributed by atoms with E-state index in [9.17, 15) is 18.0 Å². The molecule has 1 aromatic rings. The van der Waals surface area contributed by atoms with Gasteiger partial charge in [-0.25, -0.2) is 8.42 Å². The second-order valence-corrected chi connectivity index (χ2v) is 13.0. The lowest BCUT2D eigenvalue weighted by Crippen LogP contribution is -2.57. The van der Waals surface area contributed by atoms with Crippen molar-refractivity contribution in [1.29, 1.82) is 0 Å². The number of ether oxygens (including phenoxy) is 1. The predicted molar refractivity (Wildman–Crippen MR) is 133 cm³/mol. The number of amides is 2. The summed E-state index contributed by atoms with van der Waals surface area (Å²) in [6.45, 7) is 6.06. The van der Waals surface area contributed by atoms with Gasteiger partial charge in [-0.2, -0.15) is 4.31 Å². The molecule has 4 aliphatic carbocycles. The van der Waals surface area contributed by atoms with Gasteiger partial charge in [0.15, 0.2) is 6.61 Å². The highest BCUT2D eigenvalue weighted by Gasteiger charge is 2.53. The van der Waals surface area contributed by atoms with Gasteiger partial charge in [0.25, 0.3) is 5.91 Å². The number of hydrogen-bond donors (Lipinski definition) is 1. The van der Waals surface area contributed by atoms with Crippen LogP contribution in [0, 0.1) is 23.2 Å². The maximum Gasteiger partial charge on any atom is 0.265 e. The number of rotatable bonds is 8. The first kappa shape index (κ1) is 24.6. The van der Waals surface area contributed by atoms with Gasteiger partial charge in [-0.1, -0.05) is 13.8 Å². The van der Waals surface area contributed by atoms with E-state index < -0.39 is 10.0 Å². The molecule has 0 saturated heterocycles. The lowest BCUT2D eigenvalue weighted by molar-refractivity contribution is -0.127. The molecular weight excluding hydrogens is 466 g/mol. The molecule has 8 nitrogen and oxygen atoms in total. The van der Waals surface area contributed by atoms with E-state index in [2.05, 4.69) is 12.2 Å². The third-order valence-electron chi connectivity index (χ3n) is 8.90. The summed E-state index contributed by atoms with van der Waals surface area (Å²) in [7, 11) is -3.71. The van der Waals surface area contributed by atoms with E-state index in [1.54, 1.807) is 19.9 Å². The minimum absolute atomic E-state index is 0.0494. The van der Waals surface area contributed by atoms with Gasteiger partial charge in [-0.05, 0) is 86.8 Å². The lowest BCUT2D eigenvalue weighted by atomic mass is 9.48. The molecule has 4 saturated carbocycles. The normalized spacial score (nSPS) is 30.2. The number of nitrogens with zero attached hydrogens (tertiary/aromatic N) is 2. The zero-order valence-electron chi connectivity index (χ0n) is 21.0. The Morgan fingerprint density at radius 3 is 2.31 bits per heavy atom. The van der Waals surface area contributed by atoms with Crippen LogP contribution in [0.3, 0.4) is 0 Å². The first-order valence-corrected chi connectivity index (χ1v) is 14.5. The summed E-state index contributed by atoms with van der Waals surface area (Å²) in [5, 5.41) is 3.22. The first-order valence-electron chi connectivity index (χ1n) is 13.0. The van der Waals surface area contributed by atoms with Crippen molar-refractivity contribution in [3.63, 3.8) is 0 Å². The monoisotopic (exact) mass is 503 g/mol. The van der Waals surface area contributed by atoms with E-state index in [0.717, 1.165) is 17.8 Å². The topological polar surface area (TPSA) is 96.0 Å². The molecule has 4 fully saturated rings. The molecule has 6 rings (SSSR count). The minimum atomic E-state index is -3.71. The quantitative estimate of drug-likeness (QED) is 0.588. The van der Waals surface area contributed by atoms with E-state index in [-0.39, 0.29) is 41.3 Å². The van der Waals surface area contributed by atoms with Crippen molar-refractivity contribution in [3.05, 3.63) is 18.2 Å². The first-order chi connectivity index (χ1) is 16.6. The SMILES string of the molecule is CCN(CC)S(=O)(=O)c1ccc2c(c1)N(CC(=O)N[C@@H](C)C13CC4CC(CC(C4)C1)C3)C(=O)CO2. The fourth-order valence-corrected chi connectivity index (χ4v) is 9.00. The zero-order valence-corrected chi connectivity index (χ0v) is 21.8. The summed E-state index contributed by atoms with van der Waals surface area (Å²) in [4.78, 5) is 27.4. The molecule has 1 aliphatic heterocycles. The molecule has 5 aliphatic rings. The largest absolute Gasteiger partial charge is 0.482 e. The highest BCUT2D eigenvalue weighted by molar-refractivity contribution is 7.89. The average Bonchev–Trinajstić information content (AvgIpc) is 2.80. The van der Waals surface area contributed by atoms with Crippen LogP contribution in [0.4, 0.5) is 5.69 Å². The molecule has 1 heterocycles. The van der Waals surface area contributed by atoms with E-state index >= 15 is 0 Å². The molecule has 2 amide bonds. The number of nitrogens with one attached hydrogen (secondary N) is 1. The summed E-state index contributed by atoms with van der Waals surface area (Å²) in [6.07, 6.45) is 7.60. The molecule has 1 atom stereocenters. The lowest BCUT2D eigenvalue weighted by Gasteiger charge is -2.59. The van der Waals surface area contributed by atoms with E-state index in [0.29, 0.717) is 24.5 Å². The number of anilines is 1. The maximum atomic E-state index is 13.2. The molecule has 1 N–H and O–H groups in total. The number of fused-ring (bicyclic) bond motifs is 1. The van der Waals surface area contributed by atoms with Crippen LogP contribution in [0.5, 0.6) is 5.75 Å². The molecule has 0 spiro atoms. The van der Waals surface area contributed by atoms with Gasteiger partial charge < -0.3 is 10.1 Å². The minimum Gasteiger partial charge on any atom is -0.482 e. The van der Waals surface area contributed by atoms with Crippen molar-refractivity contribution in [2.24, 2.45) is 23.2 Å². The van der Waals surface area contributed by atoms with Gasteiger partial charge in [0, 0.05) is 19.1 Å². The van der Waals surface area contributed by atoms with Crippen molar-refractivity contribution >= 4 is 27.5 Å². The second kappa shape index (κ2) is 9.07. The molecule has 192 valence electrons. The number of carbonyl (C=O) groups excluding carboxylic acids is 2. The third-order valence-corrected chi connectivity index (χ3v) is 10.9. The van der Waals surface area contributed by atoms with Crippen LogP contribution in [-0.4, -0.2) is 56.8 Å². The van der Waals surface area contributed by atoms with Gasteiger partial charge in [0.1, 0.15) is 12.3 Å². The van der Waals surface area contributed by atoms with E-state index in [1.807, 2.05) is 0 Å². The molecule has 4 bridgehead atoms. The summed E-state index contributed by atoms with van der Waals surface area (Å²) >= 11 is 0. The van der Waals surface area contributed by atoms with Crippen LogP contribution in [0.25, 0.3) is 0 Å². The van der Waals surface area contributed by atoms with Crippen molar-refractivity contribution < 1.29 is 22.7 Å². The van der Waals surface area contributed by atoms with Crippen LogP contribution in [0.2, 0.25) is 0 Å². The summed E-state index contributed by atoms with van der Waals surface area (Å²) in [6, 6.07) is 4.57. The fourth-order valence-electron chi connectivity index (χ4n) is 7.52. The molecule has 9 heteroatoms. The highest BCUT2D eigenvalue weighted by atomic mass is 32.2. The molecule has 0 unspecified atom stereocenters. The Kier molecular flexibility index (Phi) is 6.36. The predicted octanol–water partition coefficient (Wildman–Crippen LogP) is 3.16. The Bertz CT molecular complexity index is 1080. The molecule has 0 radical (unpaired) electrons. The van der Waals surface area contributed by atoms with Crippen molar-refractivity contribution in [2.45, 2.75) is 70.2 Å². The number of benzene rings is 1. The van der Waals surface area contributed by atoms with E-state index in [1.165, 1.54) is 59.9 Å². The Labute approximate surface area is 208 Å². The Hall–Kier alpha value is -2.13. The van der Waals surface area contributed by atoms with Gasteiger partial charge in [-0.15, -0.1) is 0 Å². The molecule has 1 aromatic carbocycles. The summed E-state index contributed by atoms with van der Waals surface area (Å²) in [5.74, 6) is 2.21. The van der Waals surface area contributed by atoms with Gasteiger partial charge in [0.2, 0.25) is 15.9 Å².